The number of ether oxygens (including phenoxy) is 1. The number of aryl methyl sites for hydroxylation is 1. The smallest absolute Gasteiger partial charge is 0.303 e. The molecule has 0 saturated heterocycles. The van der Waals surface area contributed by atoms with Crippen molar-refractivity contribution in [3.05, 3.63) is 59.2 Å². The molecule has 1 aromatic carbocycles. The van der Waals surface area contributed by atoms with E-state index in [0.29, 0.717) is 25.9 Å². The molecule has 6 nitrogen and oxygen atoms in total. The van der Waals surface area contributed by atoms with Gasteiger partial charge in [-0.15, -0.1) is 0 Å². The molecular weight excluding hydrogens is 528 g/mol. The number of carbonyl (C=O) groups excluding carboxylic acids is 3. The van der Waals surface area contributed by atoms with E-state index in [9.17, 15) is 19.5 Å². The van der Waals surface area contributed by atoms with Gasteiger partial charge in [-0.2, -0.15) is 0 Å². The standard InChI is InChI=1S/C33H41F2NO5/c1-20-6-8-22(9-7-20)17-36(5)19-32(29(40)18-41-21(2)37)13-11-24-25-15-27(34)26-14-23(38)10-12-30(26,3)33(25,35)28(39)16-31(24,32)4/h6-10,12,14,24-25,27-28,39H,11,13,15-19H2,1-5H3/t24?,25-,27-,28-,30-,31-,32-,33-/m0/s1. The molecule has 0 aromatic heterocycles. The molecule has 0 radical (unpaired) electrons. The van der Waals surface area contributed by atoms with Gasteiger partial charge in [0.2, 0.25) is 0 Å². The van der Waals surface area contributed by atoms with Gasteiger partial charge < -0.3 is 14.7 Å². The lowest BCUT2D eigenvalue weighted by Gasteiger charge is -2.63. The van der Waals surface area contributed by atoms with E-state index in [1.165, 1.54) is 25.2 Å². The van der Waals surface area contributed by atoms with Crippen LogP contribution in [0.25, 0.3) is 0 Å². The van der Waals surface area contributed by atoms with Gasteiger partial charge in [-0.25, -0.2) is 8.78 Å². The van der Waals surface area contributed by atoms with Crippen LogP contribution < -0.4 is 0 Å². The Kier molecular flexibility index (Phi) is 7.43. The van der Waals surface area contributed by atoms with Gasteiger partial charge in [0.15, 0.2) is 23.8 Å². The zero-order chi connectivity index (χ0) is 30.0. The van der Waals surface area contributed by atoms with Gasteiger partial charge >= 0.3 is 5.97 Å². The van der Waals surface area contributed by atoms with Crippen molar-refractivity contribution in [1.82, 2.24) is 4.90 Å². The van der Waals surface area contributed by atoms with Crippen LogP contribution in [0.15, 0.2) is 48.1 Å². The van der Waals surface area contributed by atoms with E-state index >= 15 is 8.78 Å². The highest BCUT2D eigenvalue weighted by Crippen LogP contribution is 2.72. The Morgan fingerprint density at radius 2 is 1.85 bits per heavy atom. The fourth-order valence-electron chi connectivity index (χ4n) is 8.95. The molecule has 0 amide bonds. The van der Waals surface area contributed by atoms with E-state index in [2.05, 4.69) is 4.90 Å². The van der Waals surface area contributed by atoms with Crippen molar-refractivity contribution in [1.29, 1.82) is 0 Å². The summed E-state index contributed by atoms with van der Waals surface area (Å²) in [7, 11) is 1.93. The summed E-state index contributed by atoms with van der Waals surface area (Å²) in [6, 6.07) is 8.14. The van der Waals surface area contributed by atoms with Gasteiger partial charge in [0, 0.05) is 31.3 Å². The number of Topliss-reactive ketones (excluding diaryl/α,β-unsaturated/α-hetero) is 1. The molecule has 41 heavy (non-hydrogen) atoms. The van der Waals surface area contributed by atoms with E-state index in [0.717, 1.165) is 11.1 Å². The predicted octanol–water partition coefficient (Wildman–Crippen LogP) is 4.86. The van der Waals surface area contributed by atoms with Crippen LogP contribution in [-0.4, -0.2) is 65.7 Å². The molecule has 1 aromatic rings. The summed E-state index contributed by atoms with van der Waals surface area (Å²) < 4.78 is 38.5. The molecule has 3 fully saturated rings. The highest BCUT2D eigenvalue weighted by Gasteiger charge is 2.75. The van der Waals surface area contributed by atoms with E-state index in [-0.39, 0.29) is 30.0 Å². The number of alkyl halides is 2. The Morgan fingerprint density at radius 3 is 2.51 bits per heavy atom. The van der Waals surface area contributed by atoms with Crippen LogP contribution in [0.1, 0.15) is 57.6 Å². The highest BCUT2D eigenvalue weighted by atomic mass is 19.1. The number of benzene rings is 1. The lowest BCUT2D eigenvalue weighted by Crippen LogP contribution is -2.70. The van der Waals surface area contributed by atoms with Gasteiger partial charge in [-0.1, -0.05) is 42.8 Å². The molecule has 1 unspecified atom stereocenters. The summed E-state index contributed by atoms with van der Waals surface area (Å²) in [5, 5.41) is 11.7. The first-order valence-electron chi connectivity index (χ1n) is 14.5. The first-order chi connectivity index (χ1) is 19.2. The third-order valence-corrected chi connectivity index (χ3v) is 11.0. The fraction of sp³-hybridized carbons (Fsp3) is 0.606. The molecule has 0 aliphatic heterocycles. The van der Waals surface area contributed by atoms with Crippen molar-refractivity contribution >= 4 is 17.5 Å². The van der Waals surface area contributed by atoms with Gasteiger partial charge in [0.1, 0.15) is 6.17 Å². The van der Waals surface area contributed by atoms with Crippen LogP contribution in [0, 0.1) is 35.0 Å². The van der Waals surface area contributed by atoms with Crippen LogP contribution in [0.4, 0.5) is 8.78 Å². The number of aliphatic hydroxyl groups is 1. The Labute approximate surface area is 240 Å². The van der Waals surface area contributed by atoms with Crippen molar-refractivity contribution in [2.75, 3.05) is 20.2 Å². The second-order valence-corrected chi connectivity index (χ2v) is 13.3. The van der Waals surface area contributed by atoms with Crippen molar-refractivity contribution in [2.24, 2.45) is 28.1 Å². The quantitative estimate of drug-likeness (QED) is 0.472. The number of allylic oxidation sites excluding steroid dienone is 4. The van der Waals surface area contributed by atoms with Crippen LogP contribution >= 0.6 is 0 Å². The summed E-state index contributed by atoms with van der Waals surface area (Å²) in [6.07, 6.45) is 1.58. The number of fused-ring (bicyclic) bond motifs is 5. The molecule has 5 rings (SSSR count). The van der Waals surface area contributed by atoms with Gasteiger partial charge in [0.05, 0.1) is 11.5 Å². The number of aliphatic hydroxyl groups excluding tert-OH is 1. The van der Waals surface area contributed by atoms with E-state index in [1.807, 2.05) is 45.2 Å². The number of hydrogen-bond acceptors (Lipinski definition) is 6. The molecule has 4 aliphatic rings. The van der Waals surface area contributed by atoms with E-state index < -0.39 is 58.6 Å². The molecule has 1 N–H and O–H groups in total. The summed E-state index contributed by atoms with van der Waals surface area (Å²) in [4.78, 5) is 39.9. The molecule has 0 bridgehead atoms. The zero-order valence-corrected chi connectivity index (χ0v) is 24.6. The third-order valence-electron chi connectivity index (χ3n) is 11.0. The summed E-state index contributed by atoms with van der Waals surface area (Å²) >= 11 is 0. The average Bonchev–Trinajstić information content (AvgIpc) is 3.19. The normalized spacial score (nSPS) is 39.5. The minimum atomic E-state index is -2.20. The average molecular weight is 570 g/mol. The Hall–Kier alpha value is -2.71. The van der Waals surface area contributed by atoms with Crippen molar-refractivity contribution in [2.45, 2.75) is 77.9 Å². The second kappa shape index (κ2) is 10.2. The summed E-state index contributed by atoms with van der Waals surface area (Å²) in [6.45, 7) is 7.27. The first-order valence-corrected chi connectivity index (χ1v) is 14.5. The largest absolute Gasteiger partial charge is 0.458 e. The third kappa shape index (κ3) is 4.44. The number of nitrogens with zero attached hydrogens (tertiary/aromatic N) is 1. The molecule has 0 spiro atoms. The number of halogens is 2. The molecule has 8 heteroatoms. The van der Waals surface area contributed by atoms with Gasteiger partial charge in [0.25, 0.3) is 0 Å². The minimum Gasteiger partial charge on any atom is -0.458 e. The van der Waals surface area contributed by atoms with Gasteiger partial charge in [-0.05, 0) is 81.2 Å². The lowest BCUT2D eigenvalue weighted by molar-refractivity contribution is -0.213. The van der Waals surface area contributed by atoms with Crippen LogP contribution in [-0.2, 0) is 25.7 Å². The maximum absolute atomic E-state index is 17.5. The number of ketones is 2. The van der Waals surface area contributed by atoms with E-state index in [1.54, 1.807) is 6.92 Å². The number of carbonyl (C=O) groups is 3. The van der Waals surface area contributed by atoms with Crippen molar-refractivity contribution in [3.63, 3.8) is 0 Å². The molecule has 8 atom stereocenters. The number of rotatable bonds is 7. The number of esters is 1. The maximum atomic E-state index is 17.5. The second-order valence-electron chi connectivity index (χ2n) is 13.3. The highest BCUT2D eigenvalue weighted by molar-refractivity contribution is 6.01. The zero-order valence-electron chi connectivity index (χ0n) is 24.6. The predicted molar refractivity (Wildman–Crippen MR) is 150 cm³/mol. The molecule has 3 saturated carbocycles. The topological polar surface area (TPSA) is 83.9 Å². The number of hydrogen-bond donors (Lipinski definition) is 1. The molecule has 4 aliphatic carbocycles. The maximum Gasteiger partial charge on any atom is 0.303 e. The van der Waals surface area contributed by atoms with Crippen LogP contribution in [0.3, 0.4) is 0 Å². The Bertz CT molecular complexity index is 1310. The van der Waals surface area contributed by atoms with Crippen LogP contribution in [0.5, 0.6) is 0 Å². The van der Waals surface area contributed by atoms with Crippen molar-refractivity contribution in [3.8, 4) is 0 Å². The Balaban J connectivity index is 1.53. The fourth-order valence-corrected chi connectivity index (χ4v) is 8.95. The van der Waals surface area contributed by atoms with Crippen LogP contribution in [0.2, 0.25) is 0 Å². The lowest BCUT2D eigenvalue weighted by atomic mass is 9.43. The SMILES string of the molecule is CC(=O)OCC(=O)[C@@]1(CN(C)Cc2ccc(C)cc2)CCC2[C@@H]3C[C@H](F)C4=CC(=O)C=C[C@]4(C)[C@@]3(F)[C@@H](O)C[C@@]21C. The summed E-state index contributed by atoms with van der Waals surface area (Å²) in [5.41, 5.74) is -3.30. The summed E-state index contributed by atoms with van der Waals surface area (Å²) in [5.74, 6) is -2.46. The molecule has 222 valence electrons. The molecular formula is C33H41F2NO5. The minimum absolute atomic E-state index is 0.00351. The van der Waals surface area contributed by atoms with Crippen molar-refractivity contribution < 1.29 is 33.0 Å². The van der Waals surface area contributed by atoms with Gasteiger partial charge in [-0.3, -0.25) is 14.4 Å². The Morgan fingerprint density at radius 1 is 1.17 bits per heavy atom. The monoisotopic (exact) mass is 569 g/mol. The molecule has 0 heterocycles. The first kappa shape index (κ1) is 29.8. The van der Waals surface area contributed by atoms with E-state index in [4.69, 9.17) is 4.74 Å².